The van der Waals surface area contributed by atoms with Gasteiger partial charge in [-0.2, -0.15) is 0 Å². The highest BCUT2D eigenvalue weighted by Gasteiger charge is 2.46. The van der Waals surface area contributed by atoms with Gasteiger partial charge in [0.1, 0.15) is 12.3 Å². The van der Waals surface area contributed by atoms with Crippen LogP contribution in [-0.2, 0) is 0 Å². The highest BCUT2D eigenvalue weighted by molar-refractivity contribution is 5.36. The smallest absolute Gasteiger partial charge is 0.121 e. The Morgan fingerprint density at radius 2 is 1.31 bits per heavy atom. The maximum Gasteiger partial charge on any atom is 0.121 e. The van der Waals surface area contributed by atoms with Crippen molar-refractivity contribution < 1.29 is 0 Å². The predicted octanol–water partition coefficient (Wildman–Crippen LogP) is 1.09. The third-order valence-corrected chi connectivity index (χ3v) is 4.05. The molecule has 0 aromatic carbocycles. The summed E-state index contributed by atoms with van der Waals surface area (Å²) in [6.07, 6.45) is 12.4. The van der Waals surface area contributed by atoms with Gasteiger partial charge in [-0.3, -0.25) is 10.0 Å². The Kier molecular flexibility index (Phi) is 1.37. The van der Waals surface area contributed by atoms with Gasteiger partial charge in [-0.05, 0) is 25.0 Å². The number of nitrogens with zero attached hydrogens (tertiary/aromatic N) is 4. The SMILES string of the molecule is CN1C=C2C=CC3=CN(C)C4CCC1N2N34. The van der Waals surface area contributed by atoms with Crippen LogP contribution in [0.4, 0.5) is 0 Å². The molecule has 0 aromatic rings. The molecule has 4 heterocycles. The minimum Gasteiger partial charge on any atom is -0.357 e. The molecule has 0 spiro atoms. The highest BCUT2D eigenvalue weighted by Crippen LogP contribution is 2.42. The van der Waals surface area contributed by atoms with E-state index in [1.165, 1.54) is 24.2 Å². The van der Waals surface area contributed by atoms with E-state index in [1.54, 1.807) is 0 Å². The molecule has 4 heteroatoms. The van der Waals surface area contributed by atoms with Crippen LogP contribution in [-0.4, -0.2) is 46.2 Å². The Bertz CT molecular complexity index is 396. The predicted molar refractivity (Wildman–Crippen MR) is 61.3 cm³/mol. The van der Waals surface area contributed by atoms with Gasteiger partial charge in [-0.15, -0.1) is 0 Å². The van der Waals surface area contributed by atoms with E-state index in [2.05, 4.69) is 58.5 Å². The van der Waals surface area contributed by atoms with Crippen LogP contribution >= 0.6 is 0 Å². The lowest BCUT2D eigenvalue weighted by Crippen LogP contribution is -2.58. The van der Waals surface area contributed by atoms with E-state index in [-0.39, 0.29) is 0 Å². The second-order valence-corrected chi connectivity index (χ2v) is 5.00. The van der Waals surface area contributed by atoms with Gasteiger partial charge in [0, 0.05) is 26.5 Å². The molecule has 0 saturated carbocycles. The molecular formula is C12H16N4. The normalized spacial score (nSPS) is 34.4. The Morgan fingerprint density at radius 3 is 1.75 bits per heavy atom. The summed E-state index contributed by atoms with van der Waals surface area (Å²) >= 11 is 0. The van der Waals surface area contributed by atoms with E-state index >= 15 is 0 Å². The summed E-state index contributed by atoms with van der Waals surface area (Å²) in [5, 5.41) is 4.90. The lowest BCUT2D eigenvalue weighted by molar-refractivity contribution is -0.106. The molecule has 4 aliphatic rings. The molecule has 4 rings (SSSR count). The van der Waals surface area contributed by atoms with Crippen molar-refractivity contribution in [3.8, 4) is 0 Å². The lowest BCUT2D eigenvalue weighted by Gasteiger charge is -2.49. The fraction of sp³-hybridized carbons (Fsp3) is 0.500. The fourth-order valence-electron chi connectivity index (χ4n) is 3.29. The maximum absolute atomic E-state index is 2.45. The van der Waals surface area contributed by atoms with Crippen LogP contribution in [0.1, 0.15) is 12.8 Å². The monoisotopic (exact) mass is 216 g/mol. The van der Waals surface area contributed by atoms with Gasteiger partial charge in [-0.25, -0.2) is 0 Å². The van der Waals surface area contributed by atoms with Gasteiger partial charge in [0.05, 0.1) is 11.4 Å². The van der Waals surface area contributed by atoms with Gasteiger partial charge in [0.25, 0.3) is 0 Å². The zero-order valence-corrected chi connectivity index (χ0v) is 9.67. The minimum atomic E-state index is 0.520. The average molecular weight is 216 g/mol. The Balaban J connectivity index is 1.85. The van der Waals surface area contributed by atoms with Gasteiger partial charge >= 0.3 is 0 Å². The molecule has 1 fully saturated rings. The second kappa shape index (κ2) is 2.56. The van der Waals surface area contributed by atoms with Crippen LogP contribution in [0.3, 0.4) is 0 Å². The van der Waals surface area contributed by atoms with Crippen molar-refractivity contribution in [2.24, 2.45) is 0 Å². The quantitative estimate of drug-likeness (QED) is 0.601. The van der Waals surface area contributed by atoms with Crippen LogP contribution in [0.25, 0.3) is 0 Å². The topological polar surface area (TPSA) is 13.0 Å². The largest absolute Gasteiger partial charge is 0.357 e. The van der Waals surface area contributed by atoms with Crippen molar-refractivity contribution in [3.05, 3.63) is 35.9 Å². The molecule has 4 aliphatic heterocycles. The Hall–Kier alpha value is -1.58. The first-order valence-corrected chi connectivity index (χ1v) is 5.90. The summed E-state index contributed by atoms with van der Waals surface area (Å²) in [5.74, 6) is 0. The molecule has 84 valence electrons. The van der Waals surface area contributed by atoms with E-state index < -0.39 is 0 Å². The molecule has 0 aromatic heterocycles. The van der Waals surface area contributed by atoms with E-state index in [0.29, 0.717) is 12.3 Å². The summed E-state index contributed by atoms with van der Waals surface area (Å²) in [7, 11) is 4.35. The molecule has 2 atom stereocenters. The van der Waals surface area contributed by atoms with Crippen LogP contribution in [0.15, 0.2) is 35.9 Å². The molecule has 0 amide bonds. The third-order valence-electron chi connectivity index (χ3n) is 4.05. The molecule has 0 aliphatic carbocycles. The fourth-order valence-corrected chi connectivity index (χ4v) is 3.29. The first-order valence-electron chi connectivity index (χ1n) is 5.90. The van der Waals surface area contributed by atoms with Crippen molar-refractivity contribution in [2.75, 3.05) is 14.1 Å². The minimum absolute atomic E-state index is 0.520. The maximum atomic E-state index is 2.45. The summed E-state index contributed by atoms with van der Waals surface area (Å²) in [6, 6.07) is 0. The number of allylic oxidation sites excluding steroid dienone is 2. The first-order chi connectivity index (χ1) is 7.75. The van der Waals surface area contributed by atoms with E-state index in [1.807, 2.05) is 0 Å². The molecule has 0 bridgehead atoms. The van der Waals surface area contributed by atoms with Crippen LogP contribution < -0.4 is 0 Å². The summed E-state index contributed by atoms with van der Waals surface area (Å²) in [5.41, 5.74) is 2.65. The zero-order chi connectivity index (χ0) is 10.9. The van der Waals surface area contributed by atoms with E-state index in [4.69, 9.17) is 0 Å². The zero-order valence-electron chi connectivity index (χ0n) is 9.67. The summed E-state index contributed by atoms with van der Waals surface area (Å²) in [4.78, 5) is 4.66. The molecule has 0 radical (unpaired) electrons. The number of rotatable bonds is 0. The average Bonchev–Trinajstić information content (AvgIpc) is 2.76. The standard InChI is InChI=1S/C12H16N4/c1-13-7-9-3-4-10-8-14(2)12-6-5-11(13)15(9)16(10)12/h3-4,7-8,11-12H,5-6H2,1-2H3. The summed E-state index contributed by atoms with van der Waals surface area (Å²) in [6.45, 7) is 0. The van der Waals surface area contributed by atoms with Crippen LogP contribution in [0, 0.1) is 0 Å². The Morgan fingerprint density at radius 1 is 0.875 bits per heavy atom. The highest BCUT2D eigenvalue weighted by atomic mass is 15.8. The molecule has 2 unspecified atom stereocenters. The van der Waals surface area contributed by atoms with Crippen LogP contribution in [0.2, 0.25) is 0 Å². The van der Waals surface area contributed by atoms with E-state index in [9.17, 15) is 0 Å². The molecular weight excluding hydrogens is 200 g/mol. The van der Waals surface area contributed by atoms with Gasteiger partial charge < -0.3 is 9.80 Å². The first kappa shape index (κ1) is 8.56. The number of hydrogen-bond donors (Lipinski definition) is 0. The molecule has 16 heavy (non-hydrogen) atoms. The number of hydrogen-bond acceptors (Lipinski definition) is 4. The third kappa shape index (κ3) is 0.821. The van der Waals surface area contributed by atoms with Gasteiger partial charge in [0.2, 0.25) is 0 Å². The summed E-state index contributed by atoms with van der Waals surface area (Å²) < 4.78 is 0. The van der Waals surface area contributed by atoms with E-state index in [0.717, 1.165) is 0 Å². The lowest BCUT2D eigenvalue weighted by atomic mass is 10.1. The van der Waals surface area contributed by atoms with Crippen molar-refractivity contribution in [1.82, 2.24) is 19.8 Å². The number of hydrazine groups is 1. The van der Waals surface area contributed by atoms with Crippen molar-refractivity contribution in [2.45, 2.75) is 25.2 Å². The van der Waals surface area contributed by atoms with Crippen molar-refractivity contribution in [3.63, 3.8) is 0 Å². The van der Waals surface area contributed by atoms with Crippen LogP contribution in [0.5, 0.6) is 0 Å². The molecule has 1 saturated heterocycles. The van der Waals surface area contributed by atoms with Gasteiger partial charge in [-0.1, -0.05) is 0 Å². The second-order valence-electron chi connectivity index (χ2n) is 5.00. The van der Waals surface area contributed by atoms with Crippen molar-refractivity contribution >= 4 is 0 Å². The van der Waals surface area contributed by atoms with Crippen molar-refractivity contribution in [1.29, 1.82) is 0 Å². The molecule has 4 nitrogen and oxygen atoms in total. The molecule has 0 N–H and O–H groups in total. The van der Waals surface area contributed by atoms with Gasteiger partial charge in [0.15, 0.2) is 0 Å². The Labute approximate surface area is 95.7 Å².